The molecule has 2 aromatic carbocycles. The Hall–Kier alpha value is -2.50. The van der Waals surface area contributed by atoms with Gasteiger partial charge in [-0.25, -0.2) is 4.39 Å². The second kappa shape index (κ2) is 5.43. The molecule has 0 spiro atoms. The van der Waals surface area contributed by atoms with E-state index in [-0.39, 0.29) is 12.4 Å². The van der Waals surface area contributed by atoms with E-state index in [2.05, 4.69) is 0 Å². The third-order valence-electron chi connectivity index (χ3n) is 2.43. The van der Waals surface area contributed by atoms with Gasteiger partial charge in [0.25, 0.3) is 0 Å². The monoisotopic (exact) mass is 265 g/mol. The molecule has 0 aliphatic carbocycles. The van der Waals surface area contributed by atoms with Crippen LogP contribution in [0.1, 0.15) is 5.56 Å². The molecule has 0 atom stereocenters. The van der Waals surface area contributed by atoms with Crippen molar-refractivity contribution >= 4 is 5.69 Å². The van der Waals surface area contributed by atoms with Crippen molar-refractivity contribution in [2.45, 2.75) is 6.61 Å². The number of hydrogen-bond donors (Lipinski definition) is 0. The molecule has 0 radical (unpaired) electrons. The number of nitro groups is 1. The van der Waals surface area contributed by atoms with E-state index in [0.29, 0.717) is 11.3 Å². The zero-order valence-electron chi connectivity index (χ0n) is 9.68. The number of nitrogens with zero attached hydrogens (tertiary/aromatic N) is 1. The summed E-state index contributed by atoms with van der Waals surface area (Å²) >= 11 is 0. The summed E-state index contributed by atoms with van der Waals surface area (Å²) in [6.45, 7) is 0.0422. The van der Waals surface area contributed by atoms with Crippen LogP contribution in [0.15, 0.2) is 42.5 Å². The van der Waals surface area contributed by atoms with E-state index in [1.165, 1.54) is 30.3 Å². The summed E-state index contributed by atoms with van der Waals surface area (Å²) in [4.78, 5) is 9.65. The van der Waals surface area contributed by atoms with E-state index >= 15 is 0 Å². The molecule has 98 valence electrons. The summed E-state index contributed by atoms with van der Waals surface area (Å²) in [6, 6.07) is 8.90. The topological polar surface area (TPSA) is 52.4 Å². The minimum atomic E-state index is -0.912. The van der Waals surface area contributed by atoms with Gasteiger partial charge in [-0.3, -0.25) is 10.1 Å². The third kappa shape index (κ3) is 3.25. The van der Waals surface area contributed by atoms with E-state index in [9.17, 15) is 18.9 Å². The van der Waals surface area contributed by atoms with Gasteiger partial charge in [0, 0.05) is 6.07 Å². The summed E-state index contributed by atoms with van der Waals surface area (Å²) in [7, 11) is 0. The number of nitro benzene ring substituents is 1. The Morgan fingerprint density at radius 3 is 2.37 bits per heavy atom. The maximum atomic E-state index is 13.3. The van der Waals surface area contributed by atoms with Crippen LogP contribution in [0.4, 0.5) is 14.5 Å². The van der Waals surface area contributed by atoms with Crippen LogP contribution in [0.3, 0.4) is 0 Å². The fourth-order valence-corrected chi connectivity index (χ4v) is 1.49. The molecule has 2 aromatic rings. The highest BCUT2D eigenvalue weighted by molar-refractivity contribution is 5.35. The first-order chi connectivity index (χ1) is 9.06. The van der Waals surface area contributed by atoms with Gasteiger partial charge in [-0.15, -0.1) is 0 Å². The Morgan fingerprint density at radius 2 is 1.79 bits per heavy atom. The predicted octanol–water partition coefficient (Wildman–Crippen LogP) is 3.45. The number of benzene rings is 2. The number of hydrogen-bond acceptors (Lipinski definition) is 3. The zero-order chi connectivity index (χ0) is 13.8. The van der Waals surface area contributed by atoms with E-state index in [1.807, 2.05) is 0 Å². The molecule has 0 heterocycles. The molecule has 19 heavy (non-hydrogen) atoms. The van der Waals surface area contributed by atoms with E-state index in [4.69, 9.17) is 4.74 Å². The molecule has 2 rings (SSSR count). The molecule has 0 saturated heterocycles. The molecule has 0 unspecified atom stereocenters. The number of halogens is 2. The van der Waals surface area contributed by atoms with Crippen LogP contribution in [0, 0.1) is 21.7 Å². The number of rotatable bonds is 4. The van der Waals surface area contributed by atoms with Crippen LogP contribution in [0.5, 0.6) is 5.75 Å². The molecule has 6 heteroatoms. The Labute approximate surface area is 107 Å². The lowest BCUT2D eigenvalue weighted by Gasteiger charge is -2.06. The SMILES string of the molecule is O=[N+]([O-])c1ccc(COc2ccc(F)cc2)cc1F. The quantitative estimate of drug-likeness (QED) is 0.628. The molecule has 0 N–H and O–H groups in total. The van der Waals surface area contributed by atoms with Gasteiger partial charge in [-0.2, -0.15) is 4.39 Å². The Morgan fingerprint density at radius 1 is 1.11 bits per heavy atom. The smallest absolute Gasteiger partial charge is 0.304 e. The second-order valence-corrected chi connectivity index (χ2v) is 3.79. The molecule has 0 fully saturated rings. The normalized spacial score (nSPS) is 10.2. The molecule has 0 amide bonds. The van der Waals surface area contributed by atoms with Gasteiger partial charge in [-0.1, -0.05) is 0 Å². The van der Waals surface area contributed by atoms with Gasteiger partial charge in [0.15, 0.2) is 0 Å². The van der Waals surface area contributed by atoms with Crippen molar-refractivity contribution in [3.63, 3.8) is 0 Å². The fourth-order valence-electron chi connectivity index (χ4n) is 1.49. The molecular weight excluding hydrogens is 256 g/mol. The van der Waals surface area contributed by atoms with Crippen molar-refractivity contribution in [2.24, 2.45) is 0 Å². The van der Waals surface area contributed by atoms with Gasteiger partial charge in [-0.05, 0) is 42.0 Å². The van der Waals surface area contributed by atoms with Gasteiger partial charge in [0.05, 0.1) is 4.92 Å². The predicted molar refractivity (Wildman–Crippen MR) is 63.8 cm³/mol. The number of ether oxygens (including phenoxy) is 1. The molecule has 0 aliphatic heterocycles. The lowest BCUT2D eigenvalue weighted by Crippen LogP contribution is -1.98. The molecule has 0 saturated carbocycles. The minimum absolute atomic E-state index is 0.0422. The minimum Gasteiger partial charge on any atom is -0.489 e. The largest absolute Gasteiger partial charge is 0.489 e. The third-order valence-corrected chi connectivity index (χ3v) is 2.43. The van der Waals surface area contributed by atoms with Gasteiger partial charge in [0.2, 0.25) is 5.82 Å². The summed E-state index contributed by atoms with van der Waals surface area (Å²) in [5.41, 5.74) is -0.127. The van der Waals surface area contributed by atoms with Crippen molar-refractivity contribution < 1.29 is 18.4 Å². The maximum absolute atomic E-state index is 13.3. The van der Waals surface area contributed by atoms with E-state index in [1.54, 1.807) is 0 Å². The van der Waals surface area contributed by atoms with Crippen LogP contribution in [-0.2, 0) is 6.61 Å². The van der Waals surface area contributed by atoms with Gasteiger partial charge in [0.1, 0.15) is 18.2 Å². The Balaban J connectivity index is 2.06. The van der Waals surface area contributed by atoms with Crippen LogP contribution >= 0.6 is 0 Å². The van der Waals surface area contributed by atoms with Crippen molar-refractivity contribution in [1.29, 1.82) is 0 Å². The molecule has 4 nitrogen and oxygen atoms in total. The fraction of sp³-hybridized carbons (Fsp3) is 0.0769. The molecule has 0 aliphatic rings. The van der Waals surface area contributed by atoms with Crippen molar-refractivity contribution in [2.75, 3.05) is 0 Å². The first-order valence-corrected chi connectivity index (χ1v) is 5.37. The lowest BCUT2D eigenvalue weighted by atomic mass is 10.2. The van der Waals surface area contributed by atoms with Crippen LogP contribution in [0.2, 0.25) is 0 Å². The molecule has 0 bridgehead atoms. The molecule has 0 aromatic heterocycles. The summed E-state index contributed by atoms with van der Waals surface area (Å²) in [6.07, 6.45) is 0. The summed E-state index contributed by atoms with van der Waals surface area (Å²) in [5.74, 6) is -0.862. The van der Waals surface area contributed by atoms with E-state index < -0.39 is 16.4 Å². The average Bonchev–Trinajstić information content (AvgIpc) is 2.37. The molecular formula is C13H9F2NO3. The second-order valence-electron chi connectivity index (χ2n) is 3.79. The first kappa shape index (κ1) is 12.9. The van der Waals surface area contributed by atoms with Crippen LogP contribution < -0.4 is 4.74 Å². The summed E-state index contributed by atoms with van der Waals surface area (Å²) in [5, 5.41) is 10.4. The van der Waals surface area contributed by atoms with E-state index in [0.717, 1.165) is 12.1 Å². The van der Waals surface area contributed by atoms with Crippen LogP contribution in [-0.4, -0.2) is 4.92 Å². The lowest BCUT2D eigenvalue weighted by molar-refractivity contribution is -0.387. The highest BCUT2D eigenvalue weighted by Gasteiger charge is 2.13. The average molecular weight is 265 g/mol. The Bertz CT molecular complexity index is 599. The standard InChI is InChI=1S/C13H9F2NO3/c14-10-2-4-11(5-3-10)19-8-9-1-6-13(16(17)18)12(15)7-9/h1-7H,8H2. The van der Waals surface area contributed by atoms with Gasteiger partial charge < -0.3 is 4.74 Å². The highest BCUT2D eigenvalue weighted by atomic mass is 19.1. The van der Waals surface area contributed by atoms with Crippen LogP contribution in [0.25, 0.3) is 0 Å². The van der Waals surface area contributed by atoms with Gasteiger partial charge >= 0.3 is 5.69 Å². The van der Waals surface area contributed by atoms with Crippen molar-refractivity contribution in [3.8, 4) is 5.75 Å². The van der Waals surface area contributed by atoms with Crippen molar-refractivity contribution in [1.82, 2.24) is 0 Å². The highest BCUT2D eigenvalue weighted by Crippen LogP contribution is 2.19. The van der Waals surface area contributed by atoms with Crippen molar-refractivity contribution in [3.05, 3.63) is 69.8 Å². The Kier molecular flexibility index (Phi) is 3.70. The summed E-state index contributed by atoms with van der Waals surface area (Å²) < 4.78 is 31.3. The first-order valence-electron chi connectivity index (χ1n) is 5.37. The zero-order valence-corrected chi connectivity index (χ0v) is 9.68. The maximum Gasteiger partial charge on any atom is 0.304 e.